The first kappa shape index (κ1) is 19.8. The molecule has 0 fully saturated rings. The molecule has 5 rings (SSSR count). The van der Waals surface area contributed by atoms with Gasteiger partial charge in [-0.2, -0.15) is 5.10 Å². The van der Waals surface area contributed by atoms with Gasteiger partial charge in [0, 0.05) is 25.2 Å². The van der Waals surface area contributed by atoms with Gasteiger partial charge < -0.3 is 5.11 Å². The van der Waals surface area contributed by atoms with Crippen LogP contribution < -0.4 is 0 Å². The van der Waals surface area contributed by atoms with Crippen molar-refractivity contribution >= 4 is 39.4 Å². The Kier molecular flexibility index (Phi) is 5.07. The second-order valence-corrected chi connectivity index (χ2v) is 7.77. The number of carboxylic acids is 1. The molecular weight excluding hydrogens is 404 g/mol. The van der Waals surface area contributed by atoms with E-state index in [0.717, 1.165) is 38.6 Å². The highest BCUT2D eigenvalue weighted by Crippen LogP contribution is 2.35. The molecule has 1 aromatic heterocycles. The van der Waals surface area contributed by atoms with E-state index < -0.39 is 5.97 Å². The van der Waals surface area contributed by atoms with Gasteiger partial charge in [-0.1, -0.05) is 42.5 Å². The fourth-order valence-corrected chi connectivity index (χ4v) is 4.06. The number of aliphatic carboxylic acids is 1. The van der Waals surface area contributed by atoms with Gasteiger partial charge in [0.1, 0.15) is 0 Å². The van der Waals surface area contributed by atoms with Gasteiger partial charge in [-0.15, -0.1) is 0 Å². The Hall–Kier alpha value is -4.13. The second kappa shape index (κ2) is 8.19. The molecule has 1 aliphatic heterocycles. The number of fused-ring (bicyclic) bond motifs is 2. The van der Waals surface area contributed by atoms with Crippen molar-refractivity contribution in [2.24, 2.45) is 5.10 Å². The number of hydrogen-bond donors (Lipinski definition) is 1. The van der Waals surface area contributed by atoms with Crippen LogP contribution in [0.1, 0.15) is 36.4 Å². The molecule has 4 aromatic rings. The number of aromatic nitrogens is 2. The number of carbonyl (C=O) groups excluding carboxylic acids is 1. The SMILES string of the molecule is O=C(O)CCC(=O)N1N=C(c2ccc3ccccc3c2)CC1c1ccc2nccnc2c1. The van der Waals surface area contributed by atoms with Gasteiger partial charge in [-0.25, -0.2) is 5.01 Å². The quantitative estimate of drug-likeness (QED) is 0.515. The lowest BCUT2D eigenvalue weighted by Crippen LogP contribution is -2.27. The fourth-order valence-electron chi connectivity index (χ4n) is 4.06. The zero-order chi connectivity index (χ0) is 22.1. The van der Waals surface area contributed by atoms with Gasteiger partial charge in [0.15, 0.2) is 0 Å². The topological polar surface area (TPSA) is 95.8 Å². The van der Waals surface area contributed by atoms with Gasteiger partial charge >= 0.3 is 5.97 Å². The van der Waals surface area contributed by atoms with Crippen molar-refractivity contribution in [1.82, 2.24) is 15.0 Å². The third-order valence-electron chi connectivity index (χ3n) is 5.68. The molecule has 0 saturated heterocycles. The van der Waals surface area contributed by atoms with Gasteiger partial charge in [-0.3, -0.25) is 19.6 Å². The summed E-state index contributed by atoms with van der Waals surface area (Å²) in [4.78, 5) is 32.6. The van der Waals surface area contributed by atoms with Crippen molar-refractivity contribution < 1.29 is 14.7 Å². The van der Waals surface area contributed by atoms with Crippen molar-refractivity contribution in [2.45, 2.75) is 25.3 Å². The third-order valence-corrected chi connectivity index (χ3v) is 5.68. The van der Waals surface area contributed by atoms with Crippen molar-refractivity contribution in [2.75, 3.05) is 0 Å². The molecule has 7 nitrogen and oxygen atoms in total. The zero-order valence-electron chi connectivity index (χ0n) is 17.2. The minimum absolute atomic E-state index is 0.103. The first-order chi connectivity index (χ1) is 15.6. The second-order valence-electron chi connectivity index (χ2n) is 7.77. The van der Waals surface area contributed by atoms with Crippen LogP contribution in [0.4, 0.5) is 0 Å². The van der Waals surface area contributed by atoms with E-state index in [1.807, 2.05) is 48.5 Å². The molecule has 0 aliphatic carbocycles. The molecule has 1 atom stereocenters. The first-order valence-electron chi connectivity index (χ1n) is 10.4. The minimum atomic E-state index is -1.01. The molecule has 3 aromatic carbocycles. The van der Waals surface area contributed by atoms with Crippen LogP contribution in [0.15, 0.2) is 78.2 Å². The fraction of sp³-hybridized carbons (Fsp3) is 0.160. The molecule has 2 heterocycles. The molecule has 0 bridgehead atoms. The Labute approximate surface area is 184 Å². The Morgan fingerprint density at radius 2 is 1.69 bits per heavy atom. The van der Waals surface area contributed by atoms with E-state index in [1.54, 1.807) is 12.4 Å². The van der Waals surface area contributed by atoms with Crippen molar-refractivity contribution in [3.8, 4) is 0 Å². The van der Waals surface area contributed by atoms with Gasteiger partial charge in [-0.05, 0) is 40.1 Å². The Morgan fingerprint density at radius 1 is 0.906 bits per heavy atom. The average molecular weight is 424 g/mol. The van der Waals surface area contributed by atoms with E-state index in [-0.39, 0.29) is 24.8 Å². The molecule has 32 heavy (non-hydrogen) atoms. The van der Waals surface area contributed by atoms with Crippen LogP contribution in [-0.4, -0.2) is 37.7 Å². The molecule has 0 saturated carbocycles. The highest BCUT2D eigenvalue weighted by atomic mass is 16.4. The molecule has 1 aliphatic rings. The van der Waals surface area contributed by atoms with Crippen LogP contribution in [-0.2, 0) is 9.59 Å². The van der Waals surface area contributed by atoms with Gasteiger partial charge in [0.2, 0.25) is 5.91 Å². The maximum atomic E-state index is 12.9. The highest BCUT2D eigenvalue weighted by molar-refractivity contribution is 6.05. The average Bonchev–Trinajstić information content (AvgIpc) is 3.27. The standard InChI is InChI=1S/C25H20N4O3/c30-24(9-10-25(31)32)29-23(19-7-8-20-22(14-19)27-12-11-26-20)15-21(28-29)18-6-5-16-3-1-2-4-17(16)13-18/h1-8,11-14,23H,9-10,15H2,(H,31,32). The number of hydrazone groups is 1. The first-order valence-corrected chi connectivity index (χ1v) is 10.4. The van der Waals surface area contributed by atoms with Gasteiger partial charge in [0.25, 0.3) is 0 Å². The lowest BCUT2D eigenvalue weighted by molar-refractivity contribution is -0.141. The summed E-state index contributed by atoms with van der Waals surface area (Å²) in [6.07, 6.45) is 3.47. The van der Waals surface area contributed by atoms with Crippen molar-refractivity contribution in [3.05, 3.63) is 84.2 Å². The lowest BCUT2D eigenvalue weighted by Gasteiger charge is -2.22. The maximum absolute atomic E-state index is 12.9. The number of rotatable bonds is 5. The largest absolute Gasteiger partial charge is 0.481 e. The van der Waals surface area contributed by atoms with E-state index in [4.69, 9.17) is 5.11 Å². The number of carboxylic acid groups (broad SMARTS) is 1. The normalized spacial score (nSPS) is 15.8. The molecule has 1 N–H and O–H groups in total. The predicted octanol–water partition coefficient (Wildman–Crippen LogP) is 4.33. The molecule has 0 radical (unpaired) electrons. The Morgan fingerprint density at radius 3 is 2.50 bits per heavy atom. The molecule has 1 amide bonds. The number of benzene rings is 3. The van der Waals surface area contributed by atoms with Crippen molar-refractivity contribution in [1.29, 1.82) is 0 Å². The Balaban J connectivity index is 1.52. The number of amides is 1. The van der Waals surface area contributed by atoms with E-state index in [1.165, 1.54) is 5.01 Å². The summed E-state index contributed by atoms with van der Waals surface area (Å²) < 4.78 is 0. The summed E-state index contributed by atoms with van der Waals surface area (Å²) in [7, 11) is 0. The zero-order valence-corrected chi connectivity index (χ0v) is 17.2. The van der Waals surface area contributed by atoms with E-state index in [0.29, 0.717) is 6.42 Å². The van der Waals surface area contributed by atoms with Crippen molar-refractivity contribution in [3.63, 3.8) is 0 Å². The van der Waals surface area contributed by atoms with E-state index in [9.17, 15) is 9.59 Å². The number of nitrogens with zero attached hydrogens (tertiary/aromatic N) is 4. The van der Waals surface area contributed by atoms with E-state index >= 15 is 0 Å². The number of hydrogen-bond acceptors (Lipinski definition) is 5. The smallest absolute Gasteiger partial charge is 0.303 e. The van der Waals surface area contributed by atoms with Crippen LogP contribution in [0.5, 0.6) is 0 Å². The molecular formula is C25H20N4O3. The summed E-state index contributed by atoms with van der Waals surface area (Å²) >= 11 is 0. The van der Waals surface area contributed by atoms with E-state index in [2.05, 4.69) is 27.2 Å². The maximum Gasteiger partial charge on any atom is 0.303 e. The van der Waals surface area contributed by atoms with Crippen LogP contribution in [0.2, 0.25) is 0 Å². The summed E-state index contributed by atoms with van der Waals surface area (Å²) in [6.45, 7) is 0. The molecule has 0 spiro atoms. The summed E-state index contributed by atoms with van der Waals surface area (Å²) in [5, 5.41) is 17.3. The monoisotopic (exact) mass is 424 g/mol. The molecule has 1 unspecified atom stereocenters. The third kappa shape index (κ3) is 3.80. The van der Waals surface area contributed by atoms with Crippen LogP contribution >= 0.6 is 0 Å². The Bertz CT molecular complexity index is 1380. The van der Waals surface area contributed by atoms with Crippen LogP contribution in [0, 0.1) is 0 Å². The summed E-state index contributed by atoms with van der Waals surface area (Å²) in [6, 6.07) is 19.6. The van der Waals surface area contributed by atoms with Crippen LogP contribution in [0.25, 0.3) is 21.8 Å². The highest BCUT2D eigenvalue weighted by Gasteiger charge is 2.33. The van der Waals surface area contributed by atoms with Gasteiger partial charge in [0.05, 0.1) is 29.2 Å². The predicted molar refractivity (Wildman–Crippen MR) is 121 cm³/mol. The number of carbonyl (C=O) groups is 2. The van der Waals surface area contributed by atoms with Crippen LogP contribution in [0.3, 0.4) is 0 Å². The molecule has 7 heteroatoms. The minimum Gasteiger partial charge on any atom is -0.481 e. The lowest BCUT2D eigenvalue weighted by atomic mass is 9.96. The summed E-state index contributed by atoms with van der Waals surface area (Å²) in [5.74, 6) is -1.32. The molecule has 158 valence electrons. The summed E-state index contributed by atoms with van der Waals surface area (Å²) in [5.41, 5.74) is 4.14.